The summed E-state index contributed by atoms with van der Waals surface area (Å²) in [6, 6.07) is 87.1. The molecule has 0 bridgehead atoms. The molecule has 0 heterocycles. The molecule has 0 spiro atoms. The Morgan fingerprint density at radius 3 is 0.857 bits per heavy atom. The lowest BCUT2D eigenvalue weighted by Crippen LogP contribution is -1.93. The van der Waals surface area contributed by atoms with Gasteiger partial charge in [0, 0.05) is 0 Å². The highest BCUT2D eigenvalue weighted by molar-refractivity contribution is 6.50. The molecular formula is C70H38. The molecule has 70 heavy (non-hydrogen) atoms. The summed E-state index contributed by atoms with van der Waals surface area (Å²) >= 11 is 0. The predicted molar refractivity (Wildman–Crippen MR) is 301 cm³/mol. The Bertz CT molecular complexity index is 4580. The fourth-order valence-corrected chi connectivity index (χ4v) is 13.9. The molecule has 0 unspecified atom stereocenters. The van der Waals surface area contributed by atoms with Crippen LogP contribution in [0.15, 0.2) is 231 Å². The lowest BCUT2D eigenvalue weighted by Gasteiger charge is -2.20. The van der Waals surface area contributed by atoms with Crippen LogP contribution in [-0.4, -0.2) is 0 Å². The van der Waals surface area contributed by atoms with Gasteiger partial charge >= 0.3 is 0 Å². The number of fused-ring (bicyclic) bond motifs is 12. The first-order valence-electron chi connectivity index (χ1n) is 24.6. The van der Waals surface area contributed by atoms with Crippen LogP contribution in [0.2, 0.25) is 0 Å². The van der Waals surface area contributed by atoms with Crippen LogP contribution in [0.1, 0.15) is 0 Å². The molecule has 0 aliphatic heterocycles. The van der Waals surface area contributed by atoms with Gasteiger partial charge in [0.1, 0.15) is 0 Å². The van der Waals surface area contributed by atoms with Crippen molar-refractivity contribution < 1.29 is 0 Å². The second-order valence-electron chi connectivity index (χ2n) is 19.6. The van der Waals surface area contributed by atoms with Gasteiger partial charge in [0.05, 0.1) is 0 Å². The van der Waals surface area contributed by atoms with Gasteiger partial charge in [-0.2, -0.15) is 0 Å². The maximum absolute atomic E-state index is 2.48. The fraction of sp³-hybridized carbons (Fsp3) is 0. The van der Waals surface area contributed by atoms with E-state index in [0.29, 0.717) is 0 Å². The molecule has 0 saturated heterocycles. The van der Waals surface area contributed by atoms with Crippen molar-refractivity contribution >= 4 is 108 Å². The van der Waals surface area contributed by atoms with E-state index in [9.17, 15) is 0 Å². The van der Waals surface area contributed by atoms with E-state index in [1.54, 1.807) is 0 Å². The number of benzene rings is 14. The van der Waals surface area contributed by atoms with Crippen molar-refractivity contribution in [2.24, 2.45) is 0 Å². The van der Waals surface area contributed by atoms with Gasteiger partial charge in [-0.1, -0.05) is 231 Å². The van der Waals surface area contributed by atoms with E-state index >= 15 is 0 Å². The molecule has 0 atom stereocenters. The second-order valence-corrected chi connectivity index (χ2v) is 19.6. The van der Waals surface area contributed by atoms with Gasteiger partial charge in [-0.15, -0.1) is 0 Å². The monoisotopic (exact) mass is 878 g/mol. The van der Waals surface area contributed by atoms with Crippen LogP contribution in [0.25, 0.3) is 174 Å². The van der Waals surface area contributed by atoms with Gasteiger partial charge in [0.2, 0.25) is 0 Å². The summed E-state index contributed by atoms with van der Waals surface area (Å²) in [5, 5.41) is 26.6. The summed E-state index contributed by atoms with van der Waals surface area (Å²) in [5.74, 6) is 0. The Balaban J connectivity index is 1.06. The summed E-state index contributed by atoms with van der Waals surface area (Å²) in [6.07, 6.45) is 0. The normalized spacial score (nSPS) is 12.6. The van der Waals surface area contributed by atoms with Crippen molar-refractivity contribution in [3.05, 3.63) is 231 Å². The summed E-state index contributed by atoms with van der Waals surface area (Å²) in [6.45, 7) is 0. The van der Waals surface area contributed by atoms with Crippen LogP contribution < -0.4 is 0 Å². The third-order valence-electron chi connectivity index (χ3n) is 16.4. The van der Waals surface area contributed by atoms with Gasteiger partial charge in [0.25, 0.3) is 0 Å². The highest BCUT2D eigenvalue weighted by atomic mass is 14.4. The molecule has 17 rings (SSSR count). The van der Waals surface area contributed by atoms with E-state index in [2.05, 4.69) is 231 Å². The molecule has 0 heteroatoms. The maximum Gasteiger partial charge on any atom is -0.000717 e. The van der Waals surface area contributed by atoms with E-state index in [-0.39, 0.29) is 0 Å². The SMILES string of the molecule is c1ccc(-c2c3c(c(-c4ccccc4)c4ccccc24)-c2ccc4c5ccc6c7c(-c8ccccc8)c8c9cccc%10cccc(c8c(-c8ccccc8)c7c7ccc(c8ccc-3c2c84)c5c76)c%109)cc1. The van der Waals surface area contributed by atoms with E-state index in [1.165, 1.54) is 174 Å². The highest BCUT2D eigenvalue weighted by Crippen LogP contribution is 2.61. The first-order chi connectivity index (χ1) is 34.8. The minimum Gasteiger partial charge on any atom is -0.0622 e. The van der Waals surface area contributed by atoms with E-state index < -0.39 is 0 Å². The number of hydrogen-bond acceptors (Lipinski definition) is 0. The molecular weight excluding hydrogens is 841 g/mol. The molecule has 16 aromatic carbocycles. The first kappa shape index (κ1) is 37.0. The zero-order chi connectivity index (χ0) is 45.3. The van der Waals surface area contributed by atoms with Crippen molar-refractivity contribution in [1.29, 1.82) is 0 Å². The summed E-state index contributed by atoms with van der Waals surface area (Å²) in [7, 11) is 0. The largest absolute Gasteiger partial charge is 0.0622 e. The Morgan fingerprint density at radius 1 is 0.143 bits per heavy atom. The zero-order valence-electron chi connectivity index (χ0n) is 37.9. The van der Waals surface area contributed by atoms with Crippen molar-refractivity contribution in [1.82, 2.24) is 0 Å². The smallest absolute Gasteiger partial charge is 0.000717 e. The average molecular weight is 879 g/mol. The third kappa shape index (κ3) is 4.48. The Morgan fingerprint density at radius 2 is 0.443 bits per heavy atom. The summed E-state index contributed by atoms with van der Waals surface area (Å²) in [5.41, 5.74) is 15.6. The van der Waals surface area contributed by atoms with Crippen LogP contribution in [-0.2, 0) is 0 Å². The van der Waals surface area contributed by atoms with E-state index in [4.69, 9.17) is 0 Å². The molecule has 0 N–H and O–H groups in total. The lowest BCUT2D eigenvalue weighted by molar-refractivity contribution is 1.62. The van der Waals surface area contributed by atoms with Crippen LogP contribution >= 0.6 is 0 Å². The first-order valence-corrected chi connectivity index (χ1v) is 24.6. The zero-order valence-corrected chi connectivity index (χ0v) is 37.9. The molecule has 0 nitrogen and oxygen atoms in total. The van der Waals surface area contributed by atoms with E-state index in [0.717, 1.165) is 0 Å². The lowest BCUT2D eigenvalue weighted by atomic mass is 9.82. The van der Waals surface area contributed by atoms with Crippen LogP contribution in [0.5, 0.6) is 0 Å². The van der Waals surface area contributed by atoms with Crippen LogP contribution in [0.3, 0.4) is 0 Å². The predicted octanol–water partition coefficient (Wildman–Crippen LogP) is 19.8. The topological polar surface area (TPSA) is 0 Å². The van der Waals surface area contributed by atoms with Gasteiger partial charge in [-0.25, -0.2) is 0 Å². The fourth-order valence-electron chi connectivity index (χ4n) is 13.9. The standard InChI is InChI=1S/C70H38/c1-5-17-40(18-6-1)57-44-27-13-14-28-45(44)58(41-19-7-2-8-20-41)66-53-36-32-47-49-34-38-55-64-54(37-33-48(62(49)64)46-31-35-52(65(57)66)63(53)61(46)47)69-59(42-21-9-3-10-22-42)67-50-29-15-25-39-26-16-30-51(56(39)50)68(67)60(70(55)69)43-23-11-4-12-24-43/h1-38H. The molecule has 318 valence electrons. The van der Waals surface area contributed by atoms with Crippen molar-refractivity contribution in [3.63, 3.8) is 0 Å². The molecule has 0 saturated carbocycles. The summed E-state index contributed by atoms with van der Waals surface area (Å²) in [4.78, 5) is 0. The van der Waals surface area contributed by atoms with Gasteiger partial charge in [0.15, 0.2) is 0 Å². The Hall–Kier alpha value is -9.10. The second kappa shape index (κ2) is 13.3. The summed E-state index contributed by atoms with van der Waals surface area (Å²) < 4.78 is 0. The van der Waals surface area contributed by atoms with Gasteiger partial charge in [-0.05, 0) is 174 Å². The molecule has 16 aromatic rings. The number of rotatable bonds is 4. The molecule has 0 radical (unpaired) electrons. The molecule has 0 amide bonds. The maximum atomic E-state index is 2.48. The third-order valence-corrected chi connectivity index (χ3v) is 16.4. The van der Waals surface area contributed by atoms with Crippen molar-refractivity contribution in [3.8, 4) is 66.8 Å². The highest BCUT2D eigenvalue weighted by Gasteiger charge is 2.33. The quantitative estimate of drug-likeness (QED) is 0.122. The minimum atomic E-state index is 1.25. The average Bonchev–Trinajstić information content (AvgIpc) is 4.07. The Kier molecular flexibility index (Phi) is 7.03. The number of hydrogen-bond donors (Lipinski definition) is 0. The van der Waals surface area contributed by atoms with Gasteiger partial charge < -0.3 is 0 Å². The molecule has 0 fully saturated rings. The van der Waals surface area contributed by atoms with E-state index in [1.807, 2.05) is 0 Å². The van der Waals surface area contributed by atoms with Crippen LogP contribution in [0, 0.1) is 0 Å². The molecule has 1 aliphatic carbocycles. The minimum absolute atomic E-state index is 1.25. The molecule has 0 aromatic heterocycles. The molecule has 1 aliphatic rings. The van der Waals surface area contributed by atoms with Crippen LogP contribution in [0.4, 0.5) is 0 Å². The van der Waals surface area contributed by atoms with Gasteiger partial charge in [-0.3, -0.25) is 0 Å². The van der Waals surface area contributed by atoms with Crippen molar-refractivity contribution in [2.75, 3.05) is 0 Å². The Labute approximate surface area is 402 Å². The van der Waals surface area contributed by atoms with Crippen molar-refractivity contribution in [2.45, 2.75) is 0 Å².